The van der Waals surface area contributed by atoms with Crippen LogP contribution in [0.2, 0.25) is 0 Å². The molecule has 134 valence electrons. The summed E-state index contributed by atoms with van der Waals surface area (Å²) >= 11 is 0. The lowest BCUT2D eigenvalue weighted by molar-refractivity contribution is 0.309. The maximum absolute atomic E-state index is 13.0. The Morgan fingerprint density at radius 1 is 0.917 bits per heavy atom. The summed E-state index contributed by atoms with van der Waals surface area (Å²) in [5.74, 6) is 0. The number of nitrogens with one attached hydrogen (secondary N) is 1. The van der Waals surface area contributed by atoms with Crippen LogP contribution in [0.4, 0.5) is 0 Å². The summed E-state index contributed by atoms with van der Waals surface area (Å²) in [4.78, 5) is -0.232. The van der Waals surface area contributed by atoms with Crippen molar-refractivity contribution in [2.45, 2.75) is 35.6 Å². The zero-order valence-corrected chi connectivity index (χ0v) is 15.3. The Morgan fingerprint density at radius 3 is 2.00 bits per heavy atom. The highest BCUT2D eigenvalue weighted by molar-refractivity contribution is 7.92. The highest BCUT2D eigenvalue weighted by Gasteiger charge is 2.36. The second kappa shape index (κ2) is 6.72. The van der Waals surface area contributed by atoms with E-state index in [1.54, 1.807) is 12.1 Å². The largest absolute Gasteiger partial charge is 0.312 e. The van der Waals surface area contributed by atoms with Gasteiger partial charge >= 0.3 is 0 Å². The van der Waals surface area contributed by atoms with E-state index in [-0.39, 0.29) is 15.8 Å². The van der Waals surface area contributed by atoms with Gasteiger partial charge in [0, 0.05) is 38.8 Å². The van der Waals surface area contributed by atoms with Gasteiger partial charge in [-0.25, -0.2) is 16.8 Å². The first kappa shape index (κ1) is 17.8. The monoisotopic (exact) mass is 373 g/mol. The molecule has 0 spiro atoms. The van der Waals surface area contributed by atoms with Gasteiger partial charge in [0.05, 0.1) is 0 Å². The van der Waals surface area contributed by atoms with Gasteiger partial charge in [-0.1, -0.05) is 12.1 Å². The smallest absolute Gasteiger partial charge is 0.244 e. The molecule has 2 aliphatic heterocycles. The van der Waals surface area contributed by atoms with Gasteiger partial charge in [-0.05, 0) is 31.9 Å². The Labute approximate surface area is 143 Å². The zero-order valence-electron chi connectivity index (χ0n) is 13.7. The third-order valence-electron chi connectivity index (χ3n) is 4.48. The Morgan fingerprint density at radius 2 is 1.46 bits per heavy atom. The van der Waals surface area contributed by atoms with Gasteiger partial charge < -0.3 is 5.32 Å². The molecule has 0 amide bonds. The molecule has 0 aromatic heterocycles. The third kappa shape index (κ3) is 3.23. The van der Waals surface area contributed by atoms with Crippen molar-refractivity contribution in [1.29, 1.82) is 0 Å². The SMILES string of the molecule is CC1CN(S(=O)(=O)c2ccccc2S(=O)(=O)N2CCCC2)CCN1. The maximum Gasteiger partial charge on any atom is 0.244 e. The number of hydrogen-bond donors (Lipinski definition) is 1. The number of piperazine rings is 1. The first-order valence-electron chi connectivity index (χ1n) is 8.16. The van der Waals surface area contributed by atoms with Crippen molar-refractivity contribution in [3.63, 3.8) is 0 Å². The van der Waals surface area contributed by atoms with Crippen LogP contribution in [0.1, 0.15) is 19.8 Å². The quantitative estimate of drug-likeness (QED) is 0.828. The minimum atomic E-state index is -3.85. The van der Waals surface area contributed by atoms with Crippen molar-refractivity contribution in [2.24, 2.45) is 0 Å². The number of sulfonamides is 2. The Hall–Kier alpha value is -1.00. The molecule has 9 heteroatoms. The number of benzene rings is 1. The molecule has 1 N–H and O–H groups in total. The predicted molar refractivity (Wildman–Crippen MR) is 90.7 cm³/mol. The lowest BCUT2D eigenvalue weighted by Gasteiger charge is -2.31. The second-order valence-corrected chi connectivity index (χ2v) is 10.1. The van der Waals surface area contributed by atoms with Crippen molar-refractivity contribution < 1.29 is 16.8 Å². The molecule has 2 fully saturated rings. The van der Waals surface area contributed by atoms with Gasteiger partial charge in [0.1, 0.15) is 9.79 Å². The van der Waals surface area contributed by atoms with E-state index in [4.69, 9.17) is 0 Å². The highest BCUT2D eigenvalue weighted by Crippen LogP contribution is 2.29. The van der Waals surface area contributed by atoms with Crippen LogP contribution in [0.15, 0.2) is 34.1 Å². The molecule has 0 bridgehead atoms. The van der Waals surface area contributed by atoms with Crippen molar-refractivity contribution in [3.8, 4) is 0 Å². The molecule has 1 aromatic carbocycles. The van der Waals surface area contributed by atoms with Crippen LogP contribution in [0, 0.1) is 0 Å². The van der Waals surface area contributed by atoms with Crippen LogP contribution in [0.3, 0.4) is 0 Å². The number of rotatable bonds is 4. The van der Waals surface area contributed by atoms with E-state index in [0.717, 1.165) is 12.8 Å². The fourth-order valence-corrected chi connectivity index (χ4v) is 7.02. The molecule has 2 aliphatic rings. The van der Waals surface area contributed by atoms with Gasteiger partial charge in [0.15, 0.2) is 0 Å². The van der Waals surface area contributed by atoms with Crippen molar-refractivity contribution in [3.05, 3.63) is 24.3 Å². The average Bonchev–Trinajstić information content (AvgIpc) is 3.10. The molecule has 3 rings (SSSR count). The van der Waals surface area contributed by atoms with Crippen LogP contribution in [0.5, 0.6) is 0 Å². The van der Waals surface area contributed by atoms with E-state index >= 15 is 0 Å². The molecule has 1 unspecified atom stereocenters. The summed E-state index contributed by atoms with van der Waals surface area (Å²) in [5.41, 5.74) is 0. The van der Waals surface area contributed by atoms with Gasteiger partial charge in [-0.2, -0.15) is 8.61 Å². The topological polar surface area (TPSA) is 86.8 Å². The summed E-state index contributed by atoms with van der Waals surface area (Å²) in [6.07, 6.45) is 1.62. The summed E-state index contributed by atoms with van der Waals surface area (Å²) in [5, 5.41) is 3.19. The van der Waals surface area contributed by atoms with Crippen LogP contribution >= 0.6 is 0 Å². The Bertz CT molecular complexity index is 802. The molecule has 24 heavy (non-hydrogen) atoms. The van der Waals surface area contributed by atoms with Crippen LogP contribution in [-0.4, -0.2) is 64.2 Å². The molecule has 0 radical (unpaired) electrons. The maximum atomic E-state index is 13.0. The van der Waals surface area contributed by atoms with Crippen molar-refractivity contribution in [1.82, 2.24) is 13.9 Å². The molecule has 0 saturated carbocycles. The molecule has 1 aromatic rings. The van der Waals surface area contributed by atoms with Gasteiger partial charge in [0.2, 0.25) is 20.0 Å². The summed E-state index contributed by atoms with van der Waals surface area (Å²) in [6.45, 7) is 4.03. The first-order valence-corrected chi connectivity index (χ1v) is 11.0. The van der Waals surface area contributed by atoms with E-state index in [9.17, 15) is 16.8 Å². The van der Waals surface area contributed by atoms with Crippen LogP contribution in [-0.2, 0) is 20.0 Å². The van der Waals surface area contributed by atoms with Gasteiger partial charge in [-0.3, -0.25) is 0 Å². The molecule has 0 aliphatic carbocycles. The molecule has 2 saturated heterocycles. The van der Waals surface area contributed by atoms with E-state index in [2.05, 4.69) is 5.32 Å². The van der Waals surface area contributed by atoms with Gasteiger partial charge in [-0.15, -0.1) is 0 Å². The van der Waals surface area contributed by atoms with E-state index < -0.39 is 20.0 Å². The predicted octanol–water partition coefficient (Wildman–Crippen LogP) is 0.454. The highest BCUT2D eigenvalue weighted by atomic mass is 32.2. The fourth-order valence-electron chi connectivity index (χ4n) is 3.20. The standard InChI is InChI=1S/C15H23N3O4S2/c1-13-12-18(11-8-16-13)24(21,22)15-7-3-2-6-14(15)23(19,20)17-9-4-5-10-17/h2-3,6-7,13,16H,4-5,8-12H2,1H3. The normalized spacial score (nSPS) is 24.3. The van der Waals surface area contributed by atoms with E-state index in [1.807, 2.05) is 6.92 Å². The second-order valence-electron chi connectivity index (χ2n) is 6.28. The summed E-state index contributed by atoms with van der Waals surface area (Å²) < 4.78 is 54.6. The third-order valence-corrected chi connectivity index (χ3v) is 8.49. The minimum Gasteiger partial charge on any atom is -0.312 e. The summed E-state index contributed by atoms with van der Waals surface area (Å²) in [6, 6.07) is 5.97. The fraction of sp³-hybridized carbons (Fsp3) is 0.600. The van der Waals surface area contributed by atoms with Crippen molar-refractivity contribution >= 4 is 20.0 Å². The molecule has 7 nitrogen and oxygen atoms in total. The van der Waals surface area contributed by atoms with Gasteiger partial charge in [0.25, 0.3) is 0 Å². The van der Waals surface area contributed by atoms with Crippen LogP contribution < -0.4 is 5.32 Å². The van der Waals surface area contributed by atoms with Crippen LogP contribution in [0.25, 0.3) is 0 Å². The summed E-state index contributed by atoms with van der Waals surface area (Å²) in [7, 11) is -7.64. The molecule has 1 atom stereocenters. The molecule has 2 heterocycles. The Balaban J connectivity index is 2.03. The average molecular weight is 374 g/mol. The first-order chi connectivity index (χ1) is 11.3. The minimum absolute atomic E-state index is 0.0378. The molecular formula is C15H23N3O4S2. The Kier molecular flexibility index (Phi) is 4.99. The lowest BCUT2D eigenvalue weighted by atomic mass is 10.3. The van der Waals surface area contributed by atoms with E-state index in [1.165, 1.54) is 20.7 Å². The lowest BCUT2D eigenvalue weighted by Crippen LogP contribution is -2.51. The number of hydrogen-bond acceptors (Lipinski definition) is 5. The number of nitrogens with zero attached hydrogens (tertiary/aromatic N) is 2. The van der Waals surface area contributed by atoms with Crippen molar-refractivity contribution in [2.75, 3.05) is 32.7 Å². The molecular weight excluding hydrogens is 350 g/mol. The zero-order chi connectivity index (χ0) is 17.4. The van der Waals surface area contributed by atoms with E-state index in [0.29, 0.717) is 32.7 Å².